The average molecular weight is 511 g/mol. The number of aromatic nitrogens is 2. The lowest BCUT2D eigenvalue weighted by Crippen LogP contribution is -2.36. The van der Waals surface area contributed by atoms with Gasteiger partial charge in [0.05, 0.1) is 17.5 Å². The van der Waals surface area contributed by atoms with E-state index in [9.17, 15) is 24.8 Å². The second-order valence-electron chi connectivity index (χ2n) is 7.53. The highest BCUT2D eigenvalue weighted by molar-refractivity contribution is 9.10. The molecule has 2 heterocycles. The van der Waals surface area contributed by atoms with Crippen LogP contribution in [0.2, 0.25) is 0 Å². The van der Waals surface area contributed by atoms with Crippen molar-refractivity contribution >= 4 is 39.1 Å². The number of nitrogens with zero attached hydrogens (tertiary/aromatic N) is 3. The van der Waals surface area contributed by atoms with Gasteiger partial charge in [-0.3, -0.25) is 24.7 Å². The quantitative estimate of drug-likeness (QED) is 0.130. The molecule has 1 saturated heterocycles. The fraction of sp³-hybridized carbons (Fsp3) is 0.174. The van der Waals surface area contributed by atoms with Crippen LogP contribution in [0.3, 0.4) is 0 Å². The molecule has 1 aliphatic heterocycles. The molecule has 0 spiro atoms. The Labute approximate surface area is 197 Å². The van der Waals surface area contributed by atoms with Crippen LogP contribution in [0.15, 0.2) is 77.3 Å². The van der Waals surface area contributed by atoms with Gasteiger partial charge < -0.3 is 10.0 Å². The average Bonchev–Trinajstić information content (AvgIpc) is 3.41. The van der Waals surface area contributed by atoms with E-state index in [1.54, 1.807) is 42.9 Å². The van der Waals surface area contributed by atoms with Gasteiger partial charge in [0, 0.05) is 35.1 Å². The largest absolute Gasteiger partial charge is 0.872 e. The molecule has 1 atom stereocenters. The number of Topliss-reactive ketones (excluding diaryl/α,β-unsaturated/α-hetero) is 1. The Morgan fingerprint density at radius 3 is 2.61 bits per heavy atom. The number of nitro benzene ring substituents is 1. The first-order valence-electron chi connectivity index (χ1n) is 10.2. The number of likely N-dealkylation sites (tertiary alicyclic amines) is 1. The standard InChI is InChI=1S/C23H19BrN4O5/c24-17-7-5-15(6-8-17)21(29)19-20(16-3-1-4-18(13-16)28(32)33)27(23(31)22(19)30)11-2-10-26-12-9-25-14-26/h1,3-9,12-14,20H,2,10-11H2,(H,29,30). The summed E-state index contributed by atoms with van der Waals surface area (Å²) in [7, 11) is 0. The predicted molar refractivity (Wildman–Crippen MR) is 119 cm³/mol. The van der Waals surface area contributed by atoms with Gasteiger partial charge in [-0.2, -0.15) is 0 Å². The van der Waals surface area contributed by atoms with E-state index in [4.69, 9.17) is 0 Å². The number of halogens is 1. The van der Waals surface area contributed by atoms with Gasteiger partial charge in [-0.1, -0.05) is 46.0 Å². The SMILES string of the molecule is O=C1C(=O)N(CCC[n+]2cc[nH]c2)C(c2cccc([N+](=O)[O-])c2)/C1=C(\[O-])c1ccc(Br)cc1. The minimum atomic E-state index is -1.00. The number of carbonyl (C=O) groups is 2. The molecule has 1 unspecified atom stereocenters. The number of hydrogen-bond acceptors (Lipinski definition) is 5. The lowest BCUT2D eigenvalue weighted by molar-refractivity contribution is -0.695. The second-order valence-corrected chi connectivity index (χ2v) is 8.45. The van der Waals surface area contributed by atoms with Gasteiger partial charge in [-0.15, -0.1) is 0 Å². The smallest absolute Gasteiger partial charge is 0.295 e. The van der Waals surface area contributed by atoms with Crippen molar-refractivity contribution in [3.63, 3.8) is 0 Å². The maximum absolute atomic E-state index is 13.3. The van der Waals surface area contributed by atoms with Crippen molar-refractivity contribution < 1.29 is 24.2 Å². The first-order valence-corrected chi connectivity index (χ1v) is 10.9. The molecular formula is C23H19BrN4O5. The highest BCUT2D eigenvalue weighted by Gasteiger charge is 2.44. The molecule has 4 rings (SSSR count). The van der Waals surface area contributed by atoms with Crippen LogP contribution in [0, 0.1) is 10.1 Å². The summed E-state index contributed by atoms with van der Waals surface area (Å²) in [6, 6.07) is 11.2. The molecule has 1 aliphatic rings. The zero-order valence-electron chi connectivity index (χ0n) is 17.3. The fourth-order valence-corrected chi connectivity index (χ4v) is 4.16. The van der Waals surface area contributed by atoms with E-state index in [-0.39, 0.29) is 23.4 Å². The topological polar surface area (TPSA) is 123 Å². The predicted octanol–water partition coefficient (Wildman–Crippen LogP) is 2.29. The Morgan fingerprint density at radius 1 is 1.18 bits per heavy atom. The van der Waals surface area contributed by atoms with Crippen LogP contribution >= 0.6 is 15.9 Å². The van der Waals surface area contributed by atoms with Crippen LogP contribution in [-0.4, -0.2) is 33.0 Å². The number of carbonyl (C=O) groups excluding carboxylic acids is 2. The third-order valence-electron chi connectivity index (χ3n) is 5.45. The van der Waals surface area contributed by atoms with Gasteiger partial charge in [0.15, 0.2) is 0 Å². The molecule has 3 aromatic rings. The molecule has 0 saturated carbocycles. The van der Waals surface area contributed by atoms with Crippen molar-refractivity contribution in [1.82, 2.24) is 9.88 Å². The number of rotatable bonds is 7. The number of nitrogens with one attached hydrogen (secondary N) is 1. The van der Waals surface area contributed by atoms with Crippen LogP contribution in [0.1, 0.15) is 23.6 Å². The highest BCUT2D eigenvalue weighted by Crippen LogP contribution is 2.39. The summed E-state index contributed by atoms with van der Waals surface area (Å²) in [6.07, 6.45) is 5.89. The highest BCUT2D eigenvalue weighted by atomic mass is 79.9. The fourth-order valence-electron chi connectivity index (χ4n) is 3.90. The molecule has 0 aliphatic carbocycles. The van der Waals surface area contributed by atoms with Crippen molar-refractivity contribution in [2.24, 2.45) is 0 Å². The minimum Gasteiger partial charge on any atom is -0.872 e. The van der Waals surface area contributed by atoms with Crippen LogP contribution in [0.4, 0.5) is 5.69 Å². The summed E-state index contributed by atoms with van der Waals surface area (Å²) in [6.45, 7) is 0.784. The Hall–Kier alpha value is -3.79. The molecule has 1 fully saturated rings. The van der Waals surface area contributed by atoms with Crippen LogP contribution in [0.5, 0.6) is 0 Å². The number of imidazole rings is 1. The van der Waals surface area contributed by atoms with Crippen LogP contribution in [0.25, 0.3) is 5.76 Å². The van der Waals surface area contributed by atoms with Crippen molar-refractivity contribution in [1.29, 1.82) is 0 Å². The summed E-state index contributed by atoms with van der Waals surface area (Å²) in [4.78, 5) is 41.0. The Balaban J connectivity index is 1.76. The summed E-state index contributed by atoms with van der Waals surface area (Å²) < 4.78 is 2.65. The molecule has 2 aromatic carbocycles. The number of aromatic amines is 1. The van der Waals surface area contributed by atoms with Crippen molar-refractivity contribution in [3.05, 3.63) is 98.5 Å². The van der Waals surface area contributed by atoms with Gasteiger partial charge >= 0.3 is 0 Å². The zero-order chi connectivity index (χ0) is 23.5. The van der Waals surface area contributed by atoms with Gasteiger partial charge in [-0.25, -0.2) is 4.57 Å². The number of non-ortho nitro benzene ring substituents is 1. The monoisotopic (exact) mass is 510 g/mol. The first kappa shape index (κ1) is 22.4. The number of ketones is 1. The summed E-state index contributed by atoms with van der Waals surface area (Å²) >= 11 is 3.31. The van der Waals surface area contributed by atoms with Gasteiger partial charge in [0.1, 0.15) is 12.4 Å². The molecule has 0 bridgehead atoms. The zero-order valence-corrected chi connectivity index (χ0v) is 18.9. The molecule has 1 amide bonds. The number of amides is 1. The molecule has 33 heavy (non-hydrogen) atoms. The Bertz CT molecular complexity index is 1240. The number of nitro groups is 1. The van der Waals surface area contributed by atoms with Crippen molar-refractivity contribution in [3.8, 4) is 0 Å². The van der Waals surface area contributed by atoms with E-state index < -0.39 is 28.4 Å². The molecule has 0 radical (unpaired) electrons. The number of H-pyrrole nitrogens is 1. The van der Waals surface area contributed by atoms with Crippen LogP contribution in [-0.2, 0) is 16.1 Å². The van der Waals surface area contributed by atoms with E-state index in [0.29, 0.717) is 18.5 Å². The Kier molecular flexibility index (Phi) is 6.36. The molecule has 1 N–H and O–H groups in total. The van der Waals surface area contributed by atoms with E-state index in [2.05, 4.69) is 20.9 Å². The molecule has 168 valence electrons. The first-order chi connectivity index (χ1) is 15.9. The van der Waals surface area contributed by atoms with Gasteiger partial charge in [0.25, 0.3) is 11.6 Å². The number of aryl methyl sites for hydroxylation is 1. The molecule has 1 aromatic heterocycles. The maximum atomic E-state index is 13.3. The molecular weight excluding hydrogens is 492 g/mol. The minimum absolute atomic E-state index is 0.183. The summed E-state index contributed by atoms with van der Waals surface area (Å²) in [5, 5.41) is 24.7. The lowest BCUT2D eigenvalue weighted by atomic mass is 9.95. The van der Waals surface area contributed by atoms with Gasteiger partial charge in [-0.05, 0) is 23.3 Å². The lowest BCUT2D eigenvalue weighted by Gasteiger charge is -2.27. The third-order valence-corrected chi connectivity index (χ3v) is 5.98. The third kappa shape index (κ3) is 4.56. The van der Waals surface area contributed by atoms with E-state index in [1.165, 1.54) is 23.1 Å². The number of benzene rings is 2. The van der Waals surface area contributed by atoms with E-state index in [0.717, 1.165) is 4.47 Å². The maximum Gasteiger partial charge on any atom is 0.295 e. The van der Waals surface area contributed by atoms with E-state index >= 15 is 0 Å². The van der Waals surface area contributed by atoms with Crippen molar-refractivity contribution in [2.45, 2.75) is 19.0 Å². The summed E-state index contributed by atoms with van der Waals surface area (Å²) in [5.74, 6) is -2.24. The van der Waals surface area contributed by atoms with Crippen LogP contribution < -0.4 is 9.67 Å². The normalized spacial score (nSPS) is 17.5. The second kappa shape index (κ2) is 9.37. The summed E-state index contributed by atoms with van der Waals surface area (Å²) in [5.41, 5.74) is 0.224. The number of hydrogen-bond donors (Lipinski definition) is 1. The van der Waals surface area contributed by atoms with E-state index in [1.807, 2.05) is 10.8 Å². The van der Waals surface area contributed by atoms with Crippen molar-refractivity contribution in [2.75, 3.05) is 6.54 Å². The Morgan fingerprint density at radius 2 is 1.94 bits per heavy atom. The van der Waals surface area contributed by atoms with Gasteiger partial charge in [0.2, 0.25) is 12.1 Å². The molecule has 9 nitrogen and oxygen atoms in total. The molecule has 10 heteroatoms.